The van der Waals surface area contributed by atoms with Crippen molar-refractivity contribution in [2.24, 2.45) is 5.73 Å². The van der Waals surface area contributed by atoms with E-state index in [4.69, 9.17) is 34.3 Å². The van der Waals surface area contributed by atoms with Gasteiger partial charge in [-0.3, -0.25) is 0 Å². The normalized spacial score (nSPS) is 10.2. The lowest BCUT2D eigenvalue weighted by atomic mass is 10.2. The summed E-state index contributed by atoms with van der Waals surface area (Å²) in [5, 5.41) is 0.661. The molecule has 0 bridgehead atoms. The standard InChI is InChI=1S/C14H11ClFNOS/c15-10-3-1-9(2-4-10)8-18-13-6-5-11(16)7-12(13)14(17)19/h1-7H,8H2,(H2,17,19). The monoisotopic (exact) mass is 295 g/mol. The zero-order chi connectivity index (χ0) is 13.8. The molecule has 0 spiro atoms. The first-order valence-electron chi connectivity index (χ1n) is 5.53. The second-order valence-corrected chi connectivity index (χ2v) is 4.80. The molecule has 5 heteroatoms. The second kappa shape index (κ2) is 5.99. The molecule has 19 heavy (non-hydrogen) atoms. The van der Waals surface area contributed by atoms with Gasteiger partial charge in [0.05, 0.1) is 5.56 Å². The van der Waals surface area contributed by atoms with Gasteiger partial charge in [-0.15, -0.1) is 0 Å². The Morgan fingerprint density at radius 3 is 2.53 bits per heavy atom. The molecule has 0 saturated heterocycles. The van der Waals surface area contributed by atoms with Gasteiger partial charge < -0.3 is 10.5 Å². The van der Waals surface area contributed by atoms with Gasteiger partial charge in [-0.05, 0) is 35.9 Å². The highest BCUT2D eigenvalue weighted by Gasteiger charge is 2.08. The zero-order valence-electron chi connectivity index (χ0n) is 9.90. The molecule has 2 rings (SSSR count). The van der Waals surface area contributed by atoms with E-state index in [2.05, 4.69) is 0 Å². The van der Waals surface area contributed by atoms with Crippen molar-refractivity contribution in [2.75, 3.05) is 0 Å². The molecule has 0 atom stereocenters. The van der Waals surface area contributed by atoms with Crippen LogP contribution in [0, 0.1) is 5.82 Å². The topological polar surface area (TPSA) is 35.2 Å². The van der Waals surface area contributed by atoms with Crippen molar-refractivity contribution in [2.45, 2.75) is 6.61 Å². The van der Waals surface area contributed by atoms with Crippen LogP contribution in [0.1, 0.15) is 11.1 Å². The van der Waals surface area contributed by atoms with Crippen molar-refractivity contribution in [1.82, 2.24) is 0 Å². The fraction of sp³-hybridized carbons (Fsp3) is 0.0714. The first-order valence-corrected chi connectivity index (χ1v) is 6.31. The van der Waals surface area contributed by atoms with Gasteiger partial charge >= 0.3 is 0 Å². The minimum absolute atomic E-state index is 0.102. The molecule has 0 unspecified atom stereocenters. The number of nitrogens with two attached hydrogens (primary N) is 1. The van der Waals surface area contributed by atoms with Gasteiger partial charge in [-0.2, -0.15) is 0 Å². The Kier molecular flexibility index (Phi) is 4.35. The third-order valence-electron chi connectivity index (χ3n) is 2.51. The van der Waals surface area contributed by atoms with Crippen LogP contribution in [-0.4, -0.2) is 4.99 Å². The number of thiocarbonyl (C=S) groups is 1. The van der Waals surface area contributed by atoms with Gasteiger partial charge in [0.15, 0.2) is 0 Å². The van der Waals surface area contributed by atoms with Crippen LogP contribution >= 0.6 is 23.8 Å². The van der Waals surface area contributed by atoms with Gasteiger partial charge in [0.2, 0.25) is 0 Å². The SMILES string of the molecule is NC(=S)c1cc(F)ccc1OCc1ccc(Cl)cc1. The third-order valence-corrected chi connectivity index (χ3v) is 2.99. The summed E-state index contributed by atoms with van der Waals surface area (Å²) in [5.74, 6) is 0.0606. The maximum Gasteiger partial charge on any atom is 0.130 e. The summed E-state index contributed by atoms with van der Waals surface area (Å²) < 4.78 is 18.7. The average Bonchev–Trinajstić information content (AvgIpc) is 2.39. The van der Waals surface area contributed by atoms with E-state index in [0.717, 1.165) is 5.56 Å². The predicted octanol–water partition coefficient (Wildman–Crippen LogP) is 3.69. The molecule has 0 radical (unpaired) electrons. The van der Waals surface area contributed by atoms with Crippen molar-refractivity contribution in [3.8, 4) is 5.75 Å². The fourth-order valence-electron chi connectivity index (χ4n) is 1.56. The Morgan fingerprint density at radius 1 is 1.21 bits per heavy atom. The van der Waals surface area contributed by atoms with Crippen LogP contribution < -0.4 is 10.5 Å². The first kappa shape index (κ1) is 13.8. The number of benzene rings is 2. The van der Waals surface area contributed by atoms with E-state index >= 15 is 0 Å². The minimum Gasteiger partial charge on any atom is -0.488 e. The molecule has 0 fully saturated rings. The maximum atomic E-state index is 13.1. The van der Waals surface area contributed by atoms with Crippen molar-refractivity contribution in [3.63, 3.8) is 0 Å². The van der Waals surface area contributed by atoms with Crippen molar-refractivity contribution in [1.29, 1.82) is 0 Å². The molecule has 0 aromatic heterocycles. The van der Waals surface area contributed by atoms with E-state index < -0.39 is 5.82 Å². The van der Waals surface area contributed by atoms with E-state index in [9.17, 15) is 4.39 Å². The Hall–Kier alpha value is -1.65. The number of hydrogen-bond acceptors (Lipinski definition) is 2. The molecule has 0 heterocycles. The van der Waals surface area contributed by atoms with Gasteiger partial charge in [0.25, 0.3) is 0 Å². The summed E-state index contributed by atoms with van der Waals surface area (Å²) in [6, 6.07) is 11.3. The van der Waals surface area contributed by atoms with Crippen molar-refractivity contribution >= 4 is 28.8 Å². The van der Waals surface area contributed by atoms with E-state index in [0.29, 0.717) is 22.9 Å². The Labute approximate surface area is 120 Å². The highest BCUT2D eigenvalue weighted by Crippen LogP contribution is 2.21. The molecule has 98 valence electrons. The van der Waals surface area contributed by atoms with Crippen LogP contribution in [-0.2, 0) is 6.61 Å². The summed E-state index contributed by atoms with van der Waals surface area (Å²) in [6.45, 7) is 0.332. The Balaban J connectivity index is 2.15. The predicted molar refractivity (Wildman–Crippen MR) is 78.1 cm³/mol. The van der Waals surface area contributed by atoms with Crippen molar-refractivity contribution < 1.29 is 9.13 Å². The molecule has 0 amide bonds. The molecule has 2 aromatic rings. The smallest absolute Gasteiger partial charge is 0.130 e. The van der Waals surface area contributed by atoms with Crippen LogP contribution in [0.4, 0.5) is 4.39 Å². The molecular weight excluding hydrogens is 285 g/mol. The summed E-state index contributed by atoms with van der Waals surface area (Å²) >= 11 is 10.7. The lowest BCUT2D eigenvalue weighted by Gasteiger charge is -2.10. The first-order chi connectivity index (χ1) is 9.06. The number of hydrogen-bond donors (Lipinski definition) is 1. The molecular formula is C14H11ClFNOS. The number of ether oxygens (including phenoxy) is 1. The molecule has 0 aliphatic heterocycles. The van der Waals surface area contributed by atoms with E-state index in [1.165, 1.54) is 18.2 Å². The Morgan fingerprint density at radius 2 is 1.89 bits per heavy atom. The van der Waals surface area contributed by atoms with Crippen LogP contribution in [0.25, 0.3) is 0 Å². The van der Waals surface area contributed by atoms with E-state index in [1.807, 2.05) is 12.1 Å². The molecule has 0 saturated carbocycles. The quantitative estimate of drug-likeness (QED) is 0.874. The highest BCUT2D eigenvalue weighted by molar-refractivity contribution is 7.80. The van der Waals surface area contributed by atoms with Gasteiger partial charge in [-0.25, -0.2) is 4.39 Å². The van der Waals surface area contributed by atoms with Crippen LogP contribution in [0.3, 0.4) is 0 Å². The summed E-state index contributed by atoms with van der Waals surface area (Å²) in [7, 11) is 0. The second-order valence-electron chi connectivity index (χ2n) is 3.92. The summed E-state index contributed by atoms with van der Waals surface area (Å²) in [6.07, 6.45) is 0. The summed E-state index contributed by atoms with van der Waals surface area (Å²) in [4.78, 5) is 0.102. The van der Waals surface area contributed by atoms with Crippen LogP contribution in [0.5, 0.6) is 5.75 Å². The van der Waals surface area contributed by atoms with Crippen molar-refractivity contribution in [3.05, 3.63) is 64.4 Å². The molecule has 2 N–H and O–H groups in total. The van der Waals surface area contributed by atoms with Gasteiger partial charge in [0.1, 0.15) is 23.2 Å². The van der Waals surface area contributed by atoms with Gasteiger partial charge in [0, 0.05) is 5.02 Å². The zero-order valence-corrected chi connectivity index (χ0v) is 11.5. The Bertz CT molecular complexity index is 601. The molecule has 0 aliphatic rings. The van der Waals surface area contributed by atoms with Crippen LogP contribution in [0.2, 0.25) is 5.02 Å². The number of rotatable bonds is 4. The van der Waals surface area contributed by atoms with Crippen LogP contribution in [0.15, 0.2) is 42.5 Å². The number of halogens is 2. The molecule has 0 aliphatic carbocycles. The lowest BCUT2D eigenvalue weighted by molar-refractivity contribution is 0.305. The summed E-state index contributed by atoms with van der Waals surface area (Å²) in [5.41, 5.74) is 6.88. The van der Waals surface area contributed by atoms with Gasteiger partial charge in [-0.1, -0.05) is 36.0 Å². The molecule has 2 aromatic carbocycles. The van der Waals surface area contributed by atoms with E-state index in [-0.39, 0.29) is 4.99 Å². The largest absolute Gasteiger partial charge is 0.488 e. The lowest BCUT2D eigenvalue weighted by Crippen LogP contribution is -2.12. The third kappa shape index (κ3) is 3.66. The van der Waals surface area contributed by atoms with E-state index in [1.54, 1.807) is 12.1 Å². The minimum atomic E-state index is -0.401. The average molecular weight is 296 g/mol. The highest BCUT2D eigenvalue weighted by atomic mass is 35.5. The fourth-order valence-corrected chi connectivity index (χ4v) is 1.85. The maximum absolute atomic E-state index is 13.1. The molecule has 2 nitrogen and oxygen atoms in total.